The molecule has 3 N–H and O–H groups in total. The lowest BCUT2D eigenvalue weighted by atomic mass is 10.1. The summed E-state index contributed by atoms with van der Waals surface area (Å²) >= 11 is 0. The van der Waals surface area contributed by atoms with E-state index in [9.17, 15) is 26.7 Å². The third kappa shape index (κ3) is 5.57. The van der Waals surface area contributed by atoms with Gasteiger partial charge >= 0.3 is 6.18 Å². The van der Waals surface area contributed by atoms with Crippen LogP contribution in [0.25, 0.3) is 0 Å². The van der Waals surface area contributed by atoms with E-state index in [1.165, 1.54) is 6.07 Å². The quantitative estimate of drug-likeness (QED) is 0.756. The molecule has 0 radical (unpaired) electrons. The fourth-order valence-electron chi connectivity index (χ4n) is 1.98. The number of nitrogens with two attached hydrogens (primary N) is 1. The van der Waals surface area contributed by atoms with E-state index >= 15 is 0 Å². The van der Waals surface area contributed by atoms with Crippen LogP contribution in [0.3, 0.4) is 0 Å². The first-order chi connectivity index (χ1) is 11.7. The minimum Gasteiger partial charge on any atom is -0.457 e. The molecule has 0 unspecified atom stereocenters. The summed E-state index contributed by atoms with van der Waals surface area (Å²) < 4.78 is 70.7. The smallest absolute Gasteiger partial charge is 0.416 e. The number of alkyl halides is 3. The average molecular weight is 397 g/mol. The van der Waals surface area contributed by atoms with Crippen molar-refractivity contribution in [2.45, 2.75) is 12.7 Å². The minimum absolute atomic E-state index is 0. The van der Waals surface area contributed by atoms with E-state index in [1.54, 1.807) is 0 Å². The summed E-state index contributed by atoms with van der Waals surface area (Å²) in [5.74, 6) is -3.26. The van der Waals surface area contributed by atoms with E-state index in [4.69, 9.17) is 10.5 Å². The van der Waals surface area contributed by atoms with Gasteiger partial charge in [0.15, 0.2) is 11.6 Å². The van der Waals surface area contributed by atoms with Crippen molar-refractivity contribution in [3.8, 4) is 11.5 Å². The van der Waals surface area contributed by atoms with E-state index in [0.29, 0.717) is 6.07 Å². The molecule has 10 heteroatoms. The molecule has 0 saturated carbocycles. The van der Waals surface area contributed by atoms with Crippen LogP contribution in [0.2, 0.25) is 0 Å². The number of benzene rings is 2. The molecule has 0 spiro atoms. The third-order valence-corrected chi connectivity index (χ3v) is 3.17. The number of hydrogen-bond acceptors (Lipinski definition) is 3. The highest BCUT2D eigenvalue weighted by atomic mass is 35.5. The second kappa shape index (κ2) is 8.81. The summed E-state index contributed by atoms with van der Waals surface area (Å²) in [7, 11) is 0. The van der Waals surface area contributed by atoms with Crippen LogP contribution in [0, 0.1) is 11.6 Å². The van der Waals surface area contributed by atoms with Gasteiger partial charge < -0.3 is 15.8 Å². The number of amides is 1. The highest BCUT2D eigenvalue weighted by molar-refractivity contribution is 5.85. The lowest BCUT2D eigenvalue weighted by Gasteiger charge is -2.15. The monoisotopic (exact) mass is 396 g/mol. The molecule has 2 aromatic rings. The molecule has 0 atom stereocenters. The molecule has 0 heterocycles. The lowest BCUT2D eigenvalue weighted by molar-refractivity contribution is -0.138. The van der Waals surface area contributed by atoms with Crippen molar-refractivity contribution in [2.75, 3.05) is 6.54 Å². The number of hydrogen-bond donors (Lipinski definition) is 2. The summed E-state index contributed by atoms with van der Waals surface area (Å²) in [5.41, 5.74) is 3.87. The van der Waals surface area contributed by atoms with Gasteiger partial charge in [0.25, 0.3) is 0 Å². The maximum absolute atomic E-state index is 13.2. The molecule has 2 aromatic carbocycles. The molecule has 1 amide bonds. The SMILES string of the molecule is Cl.NCC(=O)NCc1ccc(Oc2ccc(F)c(F)c2)cc1C(F)(F)F. The Kier molecular flexibility index (Phi) is 7.34. The molecular weight excluding hydrogens is 383 g/mol. The summed E-state index contributed by atoms with van der Waals surface area (Å²) in [4.78, 5) is 11.1. The van der Waals surface area contributed by atoms with E-state index < -0.39 is 29.3 Å². The third-order valence-electron chi connectivity index (χ3n) is 3.17. The van der Waals surface area contributed by atoms with Crippen molar-refractivity contribution in [3.05, 3.63) is 59.2 Å². The zero-order chi connectivity index (χ0) is 18.6. The summed E-state index contributed by atoms with van der Waals surface area (Å²) in [6.07, 6.45) is -4.70. The van der Waals surface area contributed by atoms with E-state index in [2.05, 4.69) is 5.32 Å². The topological polar surface area (TPSA) is 64.4 Å². The molecule has 26 heavy (non-hydrogen) atoms. The second-order valence-electron chi connectivity index (χ2n) is 4.98. The first kappa shape index (κ1) is 21.7. The van der Waals surface area contributed by atoms with Crippen molar-refractivity contribution in [3.63, 3.8) is 0 Å². The summed E-state index contributed by atoms with van der Waals surface area (Å²) in [6, 6.07) is 5.66. The highest BCUT2D eigenvalue weighted by Crippen LogP contribution is 2.35. The molecule has 0 aliphatic rings. The fourth-order valence-corrected chi connectivity index (χ4v) is 1.98. The van der Waals surface area contributed by atoms with Crippen LogP contribution >= 0.6 is 12.4 Å². The van der Waals surface area contributed by atoms with Gasteiger partial charge in [0.2, 0.25) is 5.91 Å². The number of rotatable bonds is 5. The Bertz CT molecular complexity index is 784. The van der Waals surface area contributed by atoms with Gasteiger partial charge in [-0.3, -0.25) is 4.79 Å². The van der Waals surface area contributed by atoms with Crippen LogP contribution in [0.1, 0.15) is 11.1 Å². The van der Waals surface area contributed by atoms with Crippen LogP contribution in [0.4, 0.5) is 22.0 Å². The first-order valence-electron chi connectivity index (χ1n) is 7.00. The standard InChI is InChI=1S/C16H13F5N2O2.ClH/c17-13-4-3-11(6-14(13)18)25-10-2-1-9(8-23-15(24)7-22)12(5-10)16(19,20)21;/h1-6H,7-8,22H2,(H,23,24);1H. The van der Waals surface area contributed by atoms with Crippen LogP contribution in [-0.4, -0.2) is 12.5 Å². The molecule has 4 nitrogen and oxygen atoms in total. The molecule has 0 aliphatic heterocycles. The number of carbonyl (C=O) groups excluding carboxylic acids is 1. The fraction of sp³-hybridized carbons (Fsp3) is 0.188. The van der Waals surface area contributed by atoms with Gasteiger partial charge in [-0.2, -0.15) is 13.2 Å². The van der Waals surface area contributed by atoms with E-state index in [0.717, 1.165) is 24.3 Å². The Balaban J connectivity index is 0.00000338. The van der Waals surface area contributed by atoms with Crippen molar-refractivity contribution < 1.29 is 31.5 Å². The van der Waals surface area contributed by atoms with Crippen LogP contribution in [0.5, 0.6) is 11.5 Å². The van der Waals surface area contributed by atoms with Crippen molar-refractivity contribution >= 4 is 18.3 Å². The number of nitrogens with one attached hydrogen (secondary N) is 1. The highest BCUT2D eigenvalue weighted by Gasteiger charge is 2.33. The Morgan fingerprint density at radius 3 is 2.23 bits per heavy atom. The second-order valence-corrected chi connectivity index (χ2v) is 4.98. The van der Waals surface area contributed by atoms with Crippen LogP contribution < -0.4 is 15.8 Å². The van der Waals surface area contributed by atoms with Gasteiger partial charge in [-0.15, -0.1) is 12.4 Å². The Hall–Kier alpha value is -2.39. The van der Waals surface area contributed by atoms with Crippen molar-refractivity contribution in [1.29, 1.82) is 0 Å². The van der Waals surface area contributed by atoms with Gasteiger partial charge in [0.05, 0.1) is 12.1 Å². The van der Waals surface area contributed by atoms with Crippen molar-refractivity contribution in [1.82, 2.24) is 5.32 Å². The van der Waals surface area contributed by atoms with Crippen LogP contribution in [0.15, 0.2) is 36.4 Å². The maximum Gasteiger partial charge on any atom is 0.416 e. The van der Waals surface area contributed by atoms with E-state index in [-0.39, 0.29) is 42.6 Å². The molecule has 0 bridgehead atoms. The predicted molar refractivity (Wildman–Crippen MR) is 86.0 cm³/mol. The van der Waals surface area contributed by atoms with Gasteiger partial charge in [-0.05, 0) is 29.8 Å². The van der Waals surface area contributed by atoms with Gasteiger partial charge in [-0.25, -0.2) is 8.78 Å². The normalized spacial score (nSPS) is 10.8. The summed E-state index contributed by atoms with van der Waals surface area (Å²) in [5, 5.41) is 2.25. The molecule has 0 saturated heterocycles. The van der Waals surface area contributed by atoms with Gasteiger partial charge in [0, 0.05) is 12.6 Å². The average Bonchev–Trinajstić information content (AvgIpc) is 2.55. The van der Waals surface area contributed by atoms with Crippen LogP contribution in [-0.2, 0) is 17.5 Å². The Morgan fingerprint density at radius 1 is 1.04 bits per heavy atom. The molecule has 0 fully saturated rings. The predicted octanol–water partition coefficient (Wildman–Crippen LogP) is 3.77. The minimum atomic E-state index is -4.70. The molecule has 0 aliphatic carbocycles. The molecule has 2 rings (SSSR count). The summed E-state index contributed by atoms with van der Waals surface area (Å²) in [6.45, 7) is -0.713. The zero-order valence-corrected chi connectivity index (χ0v) is 13.9. The number of halogens is 6. The largest absolute Gasteiger partial charge is 0.457 e. The van der Waals surface area contributed by atoms with Crippen molar-refractivity contribution in [2.24, 2.45) is 5.73 Å². The Morgan fingerprint density at radius 2 is 1.65 bits per heavy atom. The van der Waals surface area contributed by atoms with E-state index in [1.807, 2.05) is 0 Å². The molecule has 142 valence electrons. The lowest BCUT2D eigenvalue weighted by Crippen LogP contribution is -2.30. The number of ether oxygens (including phenoxy) is 1. The zero-order valence-electron chi connectivity index (χ0n) is 13.1. The molecule has 0 aromatic heterocycles. The number of carbonyl (C=O) groups is 1. The maximum atomic E-state index is 13.2. The van der Waals surface area contributed by atoms with Gasteiger partial charge in [-0.1, -0.05) is 6.07 Å². The molecular formula is C16H14ClF5N2O2. The van der Waals surface area contributed by atoms with Gasteiger partial charge in [0.1, 0.15) is 11.5 Å². The first-order valence-corrected chi connectivity index (χ1v) is 7.00. The Labute approximate surface area is 151 Å².